The molecule has 3 rings (SSSR count). The lowest BCUT2D eigenvalue weighted by atomic mass is 10.1. The molecule has 6 nitrogen and oxygen atoms in total. The van der Waals surface area contributed by atoms with Crippen LogP contribution >= 0.6 is 0 Å². The largest absolute Gasteiger partial charge is 0.494 e. The molecular weight excluding hydrogens is 368 g/mol. The van der Waals surface area contributed by atoms with Gasteiger partial charge in [-0.05, 0) is 55.3 Å². The van der Waals surface area contributed by atoms with Crippen molar-refractivity contribution in [1.82, 2.24) is 4.90 Å². The van der Waals surface area contributed by atoms with Gasteiger partial charge in [-0.3, -0.25) is 9.59 Å². The Morgan fingerprint density at radius 2 is 1.86 bits per heavy atom. The summed E-state index contributed by atoms with van der Waals surface area (Å²) in [7, 11) is 1.76. The van der Waals surface area contributed by atoms with Gasteiger partial charge in [-0.25, -0.2) is 0 Å². The predicted molar refractivity (Wildman–Crippen MR) is 111 cm³/mol. The van der Waals surface area contributed by atoms with Crippen LogP contribution in [0.15, 0.2) is 71.3 Å². The third-order valence-corrected chi connectivity index (χ3v) is 4.47. The van der Waals surface area contributed by atoms with Crippen molar-refractivity contribution in [2.75, 3.05) is 25.5 Å². The molecule has 0 atom stereocenters. The Balaban J connectivity index is 1.56. The molecule has 3 aromatic rings. The maximum Gasteiger partial charge on any atom is 0.291 e. The molecule has 0 radical (unpaired) electrons. The maximum atomic E-state index is 12.7. The highest BCUT2D eigenvalue weighted by Crippen LogP contribution is 2.19. The number of aryl methyl sites for hydroxylation is 1. The van der Waals surface area contributed by atoms with Gasteiger partial charge < -0.3 is 19.4 Å². The first-order chi connectivity index (χ1) is 14.0. The number of nitrogens with one attached hydrogen (secondary N) is 1. The molecule has 1 heterocycles. The molecule has 0 aliphatic rings. The van der Waals surface area contributed by atoms with Crippen molar-refractivity contribution in [1.29, 1.82) is 0 Å². The molecule has 0 spiro atoms. The number of hydrogen-bond acceptors (Lipinski definition) is 4. The van der Waals surface area contributed by atoms with Gasteiger partial charge >= 0.3 is 0 Å². The fourth-order valence-corrected chi connectivity index (χ4v) is 2.81. The van der Waals surface area contributed by atoms with Crippen molar-refractivity contribution in [3.8, 4) is 5.75 Å². The fourth-order valence-electron chi connectivity index (χ4n) is 2.81. The lowest BCUT2D eigenvalue weighted by Crippen LogP contribution is -2.28. The summed E-state index contributed by atoms with van der Waals surface area (Å²) in [5.74, 6) is 0.570. The number of anilines is 1. The molecule has 0 aliphatic carbocycles. The van der Waals surface area contributed by atoms with Crippen LogP contribution < -0.4 is 10.1 Å². The van der Waals surface area contributed by atoms with Gasteiger partial charge in [0.05, 0.1) is 12.9 Å². The SMILES string of the molecule is Cc1ccc(C(=O)N(C)CCCOc2ccccc2)cc1NC(=O)c1ccco1. The van der Waals surface area contributed by atoms with E-state index in [1.807, 2.05) is 43.3 Å². The number of rotatable bonds is 8. The first kappa shape index (κ1) is 20.2. The van der Waals surface area contributed by atoms with E-state index >= 15 is 0 Å². The van der Waals surface area contributed by atoms with Crippen LogP contribution in [0.5, 0.6) is 5.75 Å². The highest BCUT2D eigenvalue weighted by Gasteiger charge is 2.15. The van der Waals surface area contributed by atoms with Crippen LogP contribution in [0, 0.1) is 6.92 Å². The smallest absolute Gasteiger partial charge is 0.291 e. The zero-order valence-corrected chi connectivity index (χ0v) is 16.6. The number of hydrogen-bond donors (Lipinski definition) is 1. The molecule has 2 aromatic carbocycles. The summed E-state index contributed by atoms with van der Waals surface area (Å²) in [5.41, 5.74) is 1.95. The van der Waals surface area contributed by atoms with Gasteiger partial charge in [0.1, 0.15) is 5.75 Å². The van der Waals surface area contributed by atoms with E-state index in [2.05, 4.69) is 5.32 Å². The molecule has 0 bridgehead atoms. The molecule has 0 fully saturated rings. The summed E-state index contributed by atoms with van der Waals surface area (Å²) in [6, 6.07) is 18.1. The summed E-state index contributed by atoms with van der Waals surface area (Å²) in [6.07, 6.45) is 2.16. The lowest BCUT2D eigenvalue weighted by Gasteiger charge is -2.18. The number of carbonyl (C=O) groups is 2. The van der Waals surface area contributed by atoms with Gasteiger partial charge in [-0.15, -0.1) is 0 Å². The number of para-hydroxylation sites is 1. The summed E-state index contributed by atoms with van der Waals surface area (Å²) < 4.78 is 10.8. The second-order valence-corrected chi connectivity index (χ2v) is 6.70. The van der Waals surface area contributed by atoms with E-state index in [-0.39, 0.29) is 17.6 Å². The lowest BCUT2D eigenvalue weighted by molar-refractivity contribution is 0.0787. The normalized spacial score (nSPS) is 10.4. The molecule has 1 aromatic heterocycles. The van der Waals surface area contributed by atoms with E-state index in [0.29, 0.717) is 30.8 Å². The molecule has 0 saturated carbocycles. The van der Waals surface area contributed by atoms with Crippen molar-refractivity contribution >= 4 is 17.5 Å². The second kappa shape index (κ2) is 9.59. The first-order valence-electron chi connectivity index (χ1n) is 9.43. The molecule has 0 aliphatic heterocycles. The molecule has 2 amide bonds. The van der Waals surface area contributed by atoms with E-state index in [4.69, 9.17) is 9.15 Å². The zero-order valence-electron chi connectivity index (χ0n) is 16.6. The standard InChI is InChI=1S/C23H24N2O4/c1-17-11-12-18(16-20(17)24-22(26)21-10-6-14-29-21)23(27)25(2)13-7-15-28-19-8-4-3-5-9-19/h3-6,8-12,14,16H,7,13,15H2,1-2H3,(H,24,26). The minimum absolute atomic E-state index is 0.113. The van der Waals surface area contributed by atoms with Crippen LogP contribution in [0.25, 0.3) is 0 Å². The van der Waals surface area contributed by atoms with Crippen molar-refractivity contribution in [2.45, 2.75) is 13.3 Å². The van der Waals surface area contributed by atoms with Crippen LogP contribution in [0.4, 0.5) is 5.69 Å². The molecule has 6 heteroatoms. The summed E-state index contributed by atoms with van der Waals surface area (Å²) >= 11 is 0. The van der Waals surface area contributed by atoms with Crippen LogP contribution in [-0.4, -0.2) is 36.9 Å². The minimum Gasteiger partial charge on any atom is -0.494 e. The average Bonchev–Trinajstić information content (AvgIpc) is 3.28. The van der Waals surface area contributed by atoms with E-state index in [0.717, 1.165) is 11.3 Å². The van der Waals surface area contributed by atoms with Crippen molar-refractivity contribution in [3.63, 3.8) is 0 Å². The highest BCUT2D eigenvalue weighted by atomic mass is 16.5. The van der Waals surface area contributed by atoms with Gasteiger partial charge in [0.15, 0.2) is 5.76 Å². The molecule has 0 saturated heterocycles. The molecule has 150 valence electrons. The quantitative estimate of drug-likeness (QED) is 0.578. The second-order valence-electron chi connectivity index (χ2n) is 6.70. The zero-order chi connectivity index (χ0) is 20.6. The monoisotopic (exact) mass is 392 g/mol. The Kier molecular flexibility index (Phi) is 6.68. The van der Waals surface area contributed by atoms with Gasteiger partial charge in [0.25, 0.3) is 11.8 Å². The summed E-state index contributed by atoms with van der Waals surface area (Å²) in [6.45, 7) is 2.96. The van der Waals surface area contributed by atoms with E-state index in [1.165, 1.54) is 6.26 Å². The number of benzene rings is 2. The predicted octanol–water partition coefficient (Wildman–Crippen LogP) is 4.38. The number of nitrogens with zero attached hydrogens (tertiary/aromatic N) is 1. The van der Waals surface area contributed by atoms with Crippen LogP contribution in [0.3, 0.4) is 0 Å². The van der Waals surface area contributed by atoms with Crippen molar-refractivity contribution < 1.29 is 18.7 Å². The van der Waals surface area contributed by atoms with E-state index < -0.39 is 0 Å². The van der Waals surface area contributed by atoms with Gasteiger partial charge in [0.2, 0.25) is 0 Å². The Hall–Kier alpha value is -3.54. The van der Waals surface area contributed by atoms with E-state index in [1.54, 1.807) is 36.2 Å². The van der Waals surface area contributed by atoms with Gasteiger partial charge in [-0.1, -0.05) is 24.3 Å². The topological polar surface area (TPSA) is 71.8 Å². The summed E-state index contributed by atoms with van der Waals surface area (Å²) in [4.78, 5) is 26.6. The Labute approximate surface area is 170 Å². The minimum atomic E-state index is -0.353. The van der Waals surface area contributed by atoms with Gasteiger partial charge in [-0.2, -0.15) is 0 Å². The molecule has 29 heavy (non-hydrogen) atoms. The Bertz CT molecular complexity index is 952. The third-order valence-electron chi connectivity index (χ3n) is 4.47. The molecular formula is C23H24N2O4. The van der Waals surface area contributed by atoms with Crippen molar-refractivity contribution in [3.05, 3.63) is 83.8 Å². The Morgan fingerprint density at radius 3 is 2.59 bits per heavy atom. The number of furan rings is 1. The first-order valence-corrected chi connectivity index (χ1v) is 9.43. The van der Waals surface area contributed by atoms with E-state index in [9.17, 15) is 9.59 Å². The maximum absolute atomic E-state index is 12.7. The molecule has 0 unspecified atom stereocenters. The third kappa shape index (κ3) is 5.48. The number of ether oxygens (including phenoxy) is 1. The average molecular weight is 392 g/mol. The summed E-state index contributed by atoms with van der Waals surface area (Å²) in [5, 5.41) is 2.79. The van der Waals surface area contributed by atoms with Gasteiger partial charge in [0, 0.05) is 24.8 Å². The fraction of sp³-hybridized carbons (Fsp3) is 0.217. The van der Waals surface area contributed by atoms with Crippen LogP contribution in [0.2, 0.25) is 0 Å². The van der Waals surface area contributed by atoms with Crippen LogP contribution in [0.1, 0.15) is 32.9 Å². The Morgan fingerprint density at radius 1 is 1.07 bits per heavy atom. The number of amides is 2. The van der Waals surface area contributed by atoms with Crippen molar-refractivity contribution in [2.24, 2.45) is 0 Å². The number of carbonyl (C=O) groups excluding carboxylic acids is 2. The van der Waals surface area contributed by atoms with Crippen LogP contribution in [-0.2, 0) is 0 Å². The highest BCUT2D eigenvalue weighted by molar-refractivity contribution is 6.03. The molecule has 1 N–H and O–H groups in total.